The summed E-state index contributed by atoms with van der Waals surface area (Å²) in [6.45, 7) is 3.93. The lowest BCUT2D eigenvalue weighted by molar-refractivity contribution is -0.941. The number of quaternary nitrogens is 1. The van der Waals surface area contributed by atoms with Crippen LogP contribution in [0.15, 0.2) is 45.6 Å². The number of phenolic OH excluding ortho intramolecular Hbond substituents is 1. The number of aromatic hydroxyl groups is 1. The Morgan fingerprint density at radius 1 is 1.10 bits per heavy atom. The van der Waals surface area contributed by atoms with Crippen molar-refractivity contribution in [3.63, 3.8) is 0 Å². The van der Waals surface area contributed by atoms with Gasteiger partial charge < -0.3 is 23.9 Å². The summed E-state index contributed by atoms with van der Waals surface area (Å²) in [6, 6.07) is 11.1. The smallest absolute Gasteiger partial charge is 0.344 e. The van der Waals surface area contributed by atoms with Gasteiger partial charge in [-0.3, -0.25) is 0 Å². The van der Waals surface area contributed by atoms with E-state index in [9.17, 15) is 9.90 Å². The van der Waals surface area contributed by atoms with Gasteiger partial charge in [-0.15, -0.1) is 0 Å². The number of phenols is 1. The topological polar surface area (TPSA) is 73.3 Å². The maximum Gasteiger partial charge on any atom is 0.344 e. The van der Waals surface area contributed by atoms with E-state index in [1.54, 1.807) is 50.6 Å². The van der Waals surface area contributed by atoms with Gasteiger partial charge >= 0.3 is 5.63 Å². The largest absolute Gasteiger partial charge is 0.507 e. The first-order valence-electron chi connectivity index (χ1n) is 10.4. The highest BCUT2D eigenvalue weighted by Gasteiger charge is 2.25. The van der Waals surface area contributed by atoms with Gasteiger partial charge in [0.25, 0.3) is 0 Å². The third-order valence-electron chi connectivity index (χ3n) is 6.16. The van der Waals surface area contributed by atoms with Gasteiger partial charge in [-0.1, -0.05) is 0 Å². The van der Waals surface area contributed by atoms with E-state index in [2.05, 4.69) is 6.92 Å². The van der Waals surface area contributed by atoms with Gasteiger partial charge in [0.05, 0.1) is 37.9 Å². The standard InChI is InChI=1S/C24H27NO5/c1-15-6-4-5-11-25(15)14-20-21(26)9-7-16-12-19(24(27)30-23(16)20)18-13-17(28-2)8-10-22(18)29-3/h7-10,12-13,15,26H,4-6,11,14H2,1-3H3/p+1/t15-/m1/s1. The average Bonchev–Trinajstić information content (AvgIpc) is 2.76. The zero-order valence-electron chi connectivity index (χ0n) is 17.7. The van der Waals surface area contributed by atoms with Gasteiger partial charge in [-0.25, -0.2) is 4.79 Å². The highest BCUT2D eigenvalue weighted by Crippen LogP contribution is 2.34. The summed E-state index contributed by atoms with van der Waals surface area (Å²) in [5.74, 6) is 1.36. The zero-order chi connectivity index (χ0) is 21.3. The summed E-state index contributed by atoms with van der Waals surface area (Å²) >= 11 is 0. The third-order valence-corrected chi connectivity index (χ3v) is 6.16. The number of methoxy groups -OCH3 is 2. The molecule has 0 amide bonds. The Kier molecular flexibility index (Phi) is 5.68. The predicted octanol–water partition coefficient (Wildman–Crippen LogP) is 3.14. The molecule has 2 N–H and O–H groups in total. The van der Waals surface area contributed by atoms with Gasteiger partial charge in [0.2, 0.25) is 0 Å². The van der Waals surface area contributed by atoms with E-state index < -0.39 is 5.63 Å². The van der Waals surface area contributed by atoms with Crippen LogP contribution in [0.4, 0.5) is 0 Å². The van der Waals surface area contributed by atoms with Gasteiger partial charge in [-0.05, 0) is 62.6 Å². The molecule has 2 atom stereocenters. The van der Waals surface area contributed by atoms with Crippen LogP contribution in [-0.4, -0.2) is 31.9 Å². The lowest BCUT2D eigenvalue weighted by atomic mass is 10.0. The van der Waals surface area contributed by atoms with E-state index >= 15 is 0 Å². The molecule has 0 spiro atoms. The maximum atomic E-state index is 13.0. The van der Waals surface area contributed by atoms with Crippen molar-refractivity contribution in [2.45, 2.75) is 38.8 Å². The molecule has 1 aromatic heterocycles. The number of benzene rings is 2. The van der Waals surface area contributed by atoms with E-state index in [4.69, 9.17) is 13.9 Å². The Hall–Kier alpha value is -2.99. The lowest BCUT2D eigenvalue weighted by Crippen LogP contribution is -3.14. The molecule has 1 aliphatic heterocycles. The van der Waals surface area contributed by atoms with E-state index in [0.717, 1.165) is 11.9 Å². The van der Waals surface area contributed by atoms with Crippen molar-refractivity contribution in [2.75, 3.05) is 20.8 Å². The molecule has 0 bridgehead atoms. The Morgan fingerprint density at radius 2 is 1.93 bits per heavy atom. The number of rotatable bonds is 5. The predicted molar refractivity (Wildman–Crippen MR) is 116 cm³/mol. The van der Waals surface area contributed by atoms with Crippen LogP contribution in [0.1, 0.15) is 31.7 Å². The van der Waals surface area contributed by atoms with Crippen LogP contribution in [0.2, 0.25) is 0 Å². The molecule has 4 rings (SSSR count). The second-order valence-corrected chi connectivity index (χ2v) is 7.98. The van der Waals surface area contributed by atoms with Crippen LogP contribution in [0, 0.1) is 0 Å². The molecular formula is C24H28NO5+. The van der Waals surface area contributed by atoms with Crippen molar-refractivity contribution in [3.05, 3.63) is 52.4 Å². The maximum absolute atomic E-state index is 13.0. The highest BCUT2D eigenvalue weighted by molar-refractivity contribution is 5.86. The highest BCUT2D eigenvalue weighted by atomic mass is 16.5. The van der Waals surface area contributed by atoms with E-state index in [1.165, 1.54) is 24.2 Å². The fraction of sp³-hybridized carbons (Fsp3) is 0.375. The van der Waals surface area contributed by atoms with Gasteiger partial charge in [-0.2, -0.15) is 0 Å². The van der Waals surface area contributed by atoms with E-state index in [-0.39, 0.29) is 5.75 Å². The van der Waals surface area contributed by atoms with E-state index in [1.807, 2.05) is 0 Å². The molecule has 158 valence electrons. The molecule has 0 aliphatic carbocycles. The van der Waals surface area contributed by atoms with Crippen molar-refractivity contribution in [1.82, 2.24) is 0 Å². The minimum absolute atomic E-state index is 0.169. The summed E-state index contributed by atoms with van der Waals surface area (Å²) in [6.07, 6.45) is 3.59. The van der Waals surface area contributed by atoms with Crippen molar-refractivity contribution in [1.29, 1.82) is 0 Å². The number of likely N-dealkylation sites (tertiary alicyclic amines) is 1. The summed E-state index contributed by atoms with van der Waals surface area (Å²) in [7, 11) is 3.14. The normalized spacial score (nSPS) is 19.0. The molecule has 1 saturated heterocycles. The molecule has 2 heterocycles. The van der Waals surface area contributed by atoms with Crippen LogP contribution in [-0.2, 0) is 6.54 Å². The lowest BCUT2D eigenvalue weighted by Gasteiger charge is -2.30. The van der Waals surface area contributed by atoms with Crippen molar-refractivity contribution in [3.8, 4) is 28.4 Å². The summed E-state index contributed by atoms with van der Waals surface area (Å²) in [5, 5.41) is 11.3. The van der Waals surface area contributed by atoms with Crippen LogP contribution in [0.25, 0.3) is 22.1 Å². The Labute approximate surface area is 175 Å². The minimum Gasteiger partial charge on any atom is -0.507 e. The van der Waals surface area contributed by atoms with Crippen LogP contribution < -0.4 is 20.0 Å². The molecule has 0 radical (unpaired) electrons. The number of fused-ring (bicyclic) bond motifs is 1. The first kappa shape index (κ1) is 20.3. The summed E-state index contributed by atoms with van der Waals surface area (Å²) < 4.78 is 16.5. The molecule has 2 aromatic carbocycles. The SMILES string of the molecule is COc1ccc(OC)c(-c2cc3ccc(O)c(C[NH+]4CCCC[C@H]4C)c3oc2=O)c1. The van der Waals surface area contributed by atoms with Crippen LogP contribution in [0.3, 0.4) is 0 Å². The minimum atomic E-state index is -0.470. The number of piperidine rings is 1. The number of nitrogens with one attached hydrogen (secondary N) is 1. The second-order valence-electron chi connectivity index (χ2n) is 7.98. The molecular weight excluding hydrogens is 382 g/mol. The Balaban J connectivity index is 1.83. The summed E-state index contributed by atoms with van der Waals surface area (Å²) in [5.41, 5.74) is 1.68. The van der Waals surface area contributed by atoms with Crippen LogP contribution in [0.5, 0.6) is 17.2 Å². The number of hydrogen-bond donors (Lipinski definition) is 2. The quantitative estimate of drug-likeness (QED) is 0.632. The fourth-order valence-corrected chi connectivity index (χ4v) is 4.36. The Morgan fingerprint density at radius 3 is 2.67 bits per heavy atom. The van der Waals surface area contributed by atoms with Crippen molar-refractivity contribution < 1.29 is 23.9 Å². The number of ether oxygens (including phenoxy) is 2. The fourth-order valence-electron chi connectivity index (χ4n) is 4.36. The molecule has 1 fully saturated rings. The molecule has 3 aromatic rings. The molecule has 1 aliphatic rings. The molecule has 30 heavy (non-hydrogen) atoms. The van der Waals surface area contributed by atoms with Crippen molar-refractivity contribution >= 4 is 11.0 Å². The van der Waals surface area contributed by atoms with E-state index in [0.29, 0.717) is 46.4 Å². The first-order valence-corrected chi connectivity index (χ1v) is 10.4. The van der Waals surface area contributed by atoms with Gasteiger partial charge in [0, 0.05) is 10.9 Å². The molecule has 6 nitrogen and oxygen atoms in total. The van der Waals surface area contributed by atoms with Gasteiger partial charge in [0.15, 0.2) is 5.58 Å². The molecule has 6 heteroatoms. The summed E-state index contributed by atoms with van der Waals surface area (Å²) in [4.78, 5) is 14.4. The zero-order valence-corrected chi connectivity index (χ0v) is 17.7. The molecule has 0 saturated carbocycles. The molecule has 1 unspecified atom stereocenters. The van der Waals surface area contributed by atoms with Crippen LogP contribution >= 0.6 is 0 Å². The number of hydrogen-bond acceptors (Lipinski definition) is 5. The Bertz CT molecular complexity index is 1120. The average molecular weight is 410 g/mol. The van der Waals surface area contributed by atoms with Gasteiger partial charge in [0.1, 0.15) is 23.8 Å². The monoisotopic (exact) mass is 410 g/mol. The van der Waals surface area contributed by atoms with Crippen molar-refractivity contribution in [2.24, 2.45) is 0 Å². The third kappa shape index (κ3) is 3.75. The second kappa shape index (κ2) is 8.40. The first-order chi connectivity index (χ1) is 14.5.